The number of rotatable bonds is 4. The molecule has 0 aliphatic heterocycles. The van der Waals surface area contributed by atoms with Crippen LogP contribution in [0.4, 0.5) is 5.69 Å². The van der Waals surface area contributed by atoms with Crippen LogP contribution in [0.3, 0.4) is 0 Å². The fourth-order valence-electron chi connectivity index (χ4n) is 1.88. The van der Waals surface area contributed by atoms with Crippen molar-refractivity contribution >= 4 is 46.2 Å². The van der Waals surface area contributed by atoms with Crippen molar-refractivity contribution in [3.63, 3.8) is 0 Å². The number of hydrogen-bond acceptors (Lipinski definition) is 2. The molecule has 0 aromatic heterocycles. The Bertz CT molecular complexity index is 662. The van der Waals surface area contributed by atoms with Crippen molar-refractivity contribution in [2.45, 2.75) is 6.54 Å². The van der Waals surface area contributed by atoms with Crippen LogP contribution in [0.2, 0.25) is 10.0 Å². The van der Waals surface area contributed by atoms with Crippen molar-refractivity contribution in [2.24, 2.45) is 0 Å². The maximum Gasteiger partial charge on any atom is 0.173 e. The Balaban J connectivity index is 1.97. The second-order valence-corrected chi connectivity index (χ2v) is 5.96. The lowest BCUT2D eigenvalue weighted by atomic mass is 10.2. The lowest BCUT2D eigenvalue weighted by Gasteiger charge is -2.21. The molecule has 0 radical (unpaired) electrons. The van der Waals surface area contributed by atoms with E-state index in [0.717, 1.165) is 17.0 Å². The molecule has 6 heteroatoms. The van der Waals surface area contributed by atoms with E-state index >= 15 is 0 Å². The molecular formula is C16H16Cl2N2OS. The van der Waals surface area contributed by atoms with Gasteiger partial charge in [-0.15, -0.1) is 0 Å². The molecule has 0 fully saturated rings. The zero-order valence-corrected chi connectivity index (χ0v) is 14.6. The topological polar surface area (TPSA) is 24.5 Å². The van der Waals surface area contributed by atoms with Gasteiger partial charge in [-0.3, -0.25) is 0 Å². The van der Waals surface area contributed by atoms with E-state index in [1.165, 1.54) is 0 Å². The first-order valence-corrected chi connectivity index (χ1v) is 7.76. The summed E-state index contributed by atoms with van der Waals surface area (Å²) in [6.45, 7) is 0.638. The van der Waals surface area contributed by atoms with Crippen LogP contribution >= 0.6 is 35.4 Å². The van der Waals surface area contributed by atoms with Gasteiger partial charge in [0, 0.05) is 19.3 Å². The minimum atomic E-state index is 0.543. The van der Waals surface area contributed by atoms with Gasteiger partial charge in [0.1, 0.15) is 5.75 Å². The first kappa shape index (κ1) is 16.9. The number of methoxy groups -OCH3 is 1. The number of ether oxygens (including phenoxy) is 1. The van der Waals surface area contributed by atoms with Crippen molar-refractivity contribution in [3.05, 3.63) is 58.1 Å². The maximum atomic E-state index is 6.02. The summed E-state index contributed by atoms with van der Waals surface area (Å²) in [5.74, 6) is 0.806. The number of thiocarbonyl (C=S) groups is 1. The molecule has 0 saturated carbocycles. The fourth-order valence-corrected chi connectivity index (χ4v) is 2.38. The average Bonchev–Trinajstić information content (AvgIpc) is 2.51. The normalized spacial score (nSPS) is 10.2. The third-order valence-corrected chi connectivity index (χ3v) is 4.24. The smallest absolute Gasteiger partial charge is 0.173 e. The first-order valence-electron chi connectivity index (χ1n) is 6.59. The minimum absolute atomic E-state index is 0.543. The summed E-state index contributed by atoms with van der Waals surface area (Å²) in [7, 11) is 3.56. The summed E-state index contributed by atoms with van der Waals surface area (Å²) < 4.78 is 5.13. The van der Waals surface area contributed by atoms with E-state index in [1.807, 2.05) is 48.3 Å². The van der Waals surface area contributed by atoms with Gasteiger partial charge in [0.2, 0.25) is 0 Å². The Morgan fingerprint density at radius 3 is 2.41 bits per heavy atom. The van der Waals surface area contributed by atoms with E-state index in [1.54, 1.807) is 13.2 Å². The molecule has 0 aliphatic rings. The number of halogens is 2. The Morgan fingerprint density at radius 2 is 1.82 bits per heavy atom. The Kier molecular flexibility index (Phi) is 5.89. The van der Waals surface area contributed by atoms with Crippen molar-refractivity contribution in [2.75, 3.05) is 19.5 Å². The highest BCUT2D eigenvalue weighted by molar-refractivity contribution is 7.80. The lowest BCUT2D eigenvalue weighted by molar-refractivity contribution is 0.415. The van der Waals surface area contributed by atoms with Crippen molar-refractivity contribution in [1.82, 2.24) is 4.90 Å². The van der Waals surface area contributed by atoms with Gasteiger partial charge in [-0.1, -0.05) is 29.3 Å². The fraction of sp³-hybridized carbons (Fsp3) is 0.188. The molecule has 0 unspecified atom stereocenters. The van der Waals surface area contributed by atoms with E-state index in [0.29, 0.717) is 21.7 Å². The van der Waals surface area contributed by atoms with E-state index in [2.05, 4.69) is 5.32 Å². The van der Waals surface area contributed by atoms with Gasteiger partial charge in [0.15, 0.2) is 5.11 Å². The van der Waals surface area contributed by atoms with Crippen LogP contribution in [0, 0.1) is 0 Å². The highest BCUT2D eigenvalue weighted by Crippen LogP contribution is 2.23. The van der Waals surface area contributed by atoms with E-state index in [9.17, 15) is 0 Å². The van der Waals surface area contributed by atoms with Crippen molar-refractivity contribution in [1.29, 1.82) is 0 Å². The van der Waals surface area contributed by atoms with E-state index in [-0.39, 0.29) is 0 Å². The highest BCUT2D eigenvalue weighted by Gasteiger charge is 2.07. The Labute approximate surface area is 145 Å². The highest BCUT2D eigenvalue weighted by atomic mass is 35.5. The summed E-state index contributed by atoms with van der Waals surface area (Å²) in [6.07, 6.45) is 0. The van der Waals surface area contributed by atoms with Gasteiger partial charge in [-0.25, -0.2) is 0 Å². The zero-order valence-electron chi connectivity index (χ0n) is 12.3. The van der Waals surface area contributed by atoms with Crippen molar-refractivity contribution in [3.8, 4) is 5.75 Å². The predicted molar refractivity (Wildman–Crippen MR) is 97.1 cm³/mol. The molecule has 0 saturated heterocycles. The van der Waals surface area contributed by atoms with Gasteiger partial charge < -0.3 is 15.0 Å². The summed E-state index contributed by atoms with van der Waals surface area (Å²) in [5, 5.41) is 4.89. The molecule has 0 spiro atoms. The molecule has 22 heavy (non-hydrogen) atoms. The summed E-state index contributed by atoms with van der Waals surface area (Å²) in [6, 6.07) is 13.1. The average molecular weight is 355 g/mol. The number of nitrogens with one attached hydrogen (secondary N) is 1. The SMILES string of the molecule is COc1ccc(NC(=S)N(C)Cc2ccc(Cl)c(Cl)c2)cc1. The molecule has 0 heterocycles. The monoisotopic (exact) mass is 354 g/mol. The van der Waals surface area contributed by atoms with Crippen LogP contribution in [-0.4, -0.2) is 24.2 Å². The zero-order chi connectivity index (χ0) is 16.1. The number of hydrogen-bond donors (Lipinski definition) is 1. The van der Waals surface area contributed by atoms with Gasteiger partial charge in [-0.05, 0) is 54.2 Å². The minimum Gasteiger partial charge on any atom is -0.497 e. The van der Waals surface area contributed by atoms with Gasteiger partial charge in [0.25, 0.3) is 0 Å². The first-order chi connectivity index (χ1) is 10.5. The molecule has 116 valence electrons. The van der Waals surface area contributed by atoms with E-state index < -0.39 is 0 Å². The summed E-state index contributed by atoms with van der Waals surface area (Å²) in [5.41, 5.74) is 1.95. The molecule has 2 aromatic rings. The molecule has 0 bridgehead atoms. The van der Waals surface area contributed by atoms with Gasteiger partial charge in [-0.2, -0.15) is 0 Å². The van der Waals surface area contributed by atoms with Gasteiger partial charge >= 0.3 is 0 Å². The molecule has 0 atom stereocenters. The van der Waals surface area contributed by atoms with Gasteiger partial charge in [0.05, 0.1) is 17.2 Å². The maximum absolute atomic E-state index is 6.02. The van der Waals surface area contributed by atoms with Crippen LogP contribution < -0.4 is 10.1 Å². The third-order valence-electron chi connectivity index (χ3n) is 3.09. The molecule has 2 aromatic carbocycles. The van der Waals surface area contributed by atoms with Crippen LogP contribution in [-0.2, 0) is 6.54 Å². The molecule has 2 rings (SSSR count). The number of nitrogens with zero attached hydrogens (tertiary/aromatic N) is 1. The largest absolute Gasteiger partial charge is 0.497 e. The summed E-state index contributed by atoms with van der Waals surface area (Å²) >= 11 is 17.3. The number of benzene rings is 2. The quantitative estimate of drug-likeness (QED) is 0.794. The number of anilines is 1. The predicted octanol–water partition coefficient (Wildman–Crippen LogP) is 4.83. The van der Waals surface area contributed by atoms with Crippen LogP contribution in [0.15, 0.2) is 42.5 Å². The van der Waals surface area contributed by atoms with E-state index in [4.69, 9.17) is 40.2 Å². The Morgan fingerprint density at radius 1 is 1.14 bits per heavy atom. The molecule has 1 N–H and O–H groups in total. The molecule has 3 nitrogen and oxygen atoms in total. The van der Waals surface area contributed by atoms with Crippen LogP contribution in [0.5, 0.6) is 5.75 Å². The molecule has 0 amide bonds. The summed E-state index contributed by atoms with van der Waals surface area (Å²) in [4.78, 5) is 1.93. The Hall–Kier alpha value is -1.49. The second-order valence-electron chi connectivity index (χ2n) is 4.76. The molecule has 0 aliphatic carbocycles. The van der Waals surface area contributed by atoms with Crippen LogP contribution in [0.1, 0.15) is 5.56 Å². The van der Waals surface area contributed by atoms with Crippen LogP contribution in [0.25, 0.3) is 0 Å². The lowest BCUT2D eigenvalue weighted by Crippen LogP contribution is -2.30. The molecular weight excluding hydrogens is 339 g/mol. The standard InChI is InChI=1S/C16H16Cl2N2OS/c1-20(10-11-3-8-14(17)15(18)9-11)16(22)19-12-4-6-13(21-2)7-5-12/h3-9H,10H2,1-2H3,(H,19,22). The third kappa shape index (κ3) is 4.50. The second kappa shape index (κ2) is 7.68. The van der Waals surface area contributed by atoms with Crippen molar-refractivity contribution < 1.29 is 4.74 Å².